The van der Waals surface area contributed by atoms with E-state index in [9.17, 15) is 10.0 Å². The lowest BCUT2D eigenvalue weighted by atomic mass is 9.64. The van der Waals surface area contributed by atoms with Crippen molar-refractivity contribution < 1.29 is 10.0 Å². The lowest BCUT2D eigenvalue weighted by Gasteiger charge is -2.39. The molecule has 2 bridgehead atoms. The molecule has 3 rings (SSSR count). The Balaban J connectivity index is 1.93. The zero-order valence-electron chi connectivity index (χ0n) is 13.0. The summed E-state index contributed by atoms with van der Waals surface area (Å²) in [6, 6.07) is 3.62. The third kappa shape index (κ3) is 1.79. The fourth-order valence-electron chi connectivity index (χ4n) is 4.22. The van der Waals surface area contributed by atoms with Gasteiger partial charge in [0, 0.05) is 22.5 Å². The topological polar surface area (TPSA) is 74.6 Å². The third-order valence-electron chi connectivity index (χ3n) is 6.26. The highest BCUT2D eigenvalue weighted by molar-refractivity contribution is 9.10. The van der Waals surface area contributed by atoms with Crippen molar-refractivity contribution in [3.05, 3.63) is 22.8 Å². The summed E-state index contributed by atoms with van der Waals surface area (Å²) in [6.07, 6.45) is 3.83. The number of aromatic nitrogens is 1. The number of nitrogens with zero attached hydrogens (tertiary/aromatic N) is 2. The van der Waals surface area contributed by atoms with Crippen LogP contribution in [0.15, 0.2) is 28.0 Å². The number of hydrogen-bond donors (Lipinski definition) is 2. The van der Waals surface area contributed by atoms with Gasteiger partial charge in [-0.15, -0.1) is 0 Å². The van der Waals surface area contributed by atoms with Crippen LogP contribution < -0.4 is 5.32 Å². The van der Waals surface area contributed by atoms with Gasteiger partial charge < -0.3 is 10.5 Å². The first-order chi connectivity index (χ1) is 10.3. The van der Waals surface area contributed by atoms with Crippen molar-refractivity contribution in [1.82, 2.24) is 4.98 Å². The molecule has 2 aliphatic carbocycles. The van der Waals surface area contributed by atoms with E-state index in [4.69, 9.17) is 0 Å². The molecule has 2 unspecified atom stereocenters. The van der Waals surface area contributed by atoms with E-state index in [2.05, 4.69) is 52.2 Å². The minimum Gasteiger partial charge on any atom is -0.411 e. The Morgan fingerprint density at radius 1 is 1.36 bits per heavy atom. The van der Waals surface area contributed by atoms with E-state index in [1.807, 2.05) is 6.07 Å². The highest BCUT2D eigenvalue weighted by atomic mass is 79.9. The van der Waals surface area contributed by atoms with Gasteiger partial charge in [-0.05, 0) is 46.3 Å². The summed E-state index contributed by atoms with van der Waals surface area (Å²) < 4.78 is 0.869. The summed E-state index contributed by atoms with van der Waals surface area (Å²) in [5, 5.41) is 15.8. The fraction of sp³-hybridized carbons (Fsp3) is 0.562. The summed E-state index contributed by atoms with van der Waals surface area (Å²) in [5.41, 5.74) is -0.298. The van der Waals surface area contributed by atoms with Crippen LogP contribution in [0.4, 0.5) is 5.82 Å². The maximum Gasteiger partial charge on any atom is 0.232 e. The van der Waals surface area contributed by atoms with Crippen molar-refractivity contribution in [3.8, 4) is 0 Å². The van der Waals surface area contributed by atoms with Crippen LogP contribution in [-0.2, 0) is 4.79 Å². The number of amides is 1. The number of pyridine rings is 1. The Bertz CT molecular complexity index is 656. The Morgan fingerprint density at radius 2 is 2.09 bits per heavy atom. The van der Waals surface area contributed by atoms with Gasteiger partial charge in [-0.3, -0.25) is 4.79 Å². The predicted molar refractivity (Wildman–Crippen MR) is 88.0 cm³/mol. The Labute approximate surface area is 138 Å². The number of nitrogens with one attached hydrogen (secondary N) is 1. The molecule has 5 nitrogen and oxygen atoms in total. The molecular weight excluding hydrogens is 346 g/mol. The first-order valence-electron chi connectivity index (χ1n) is 7.41. The van der Waals surface area contributed by atoms with Crippen LogP contribution in [0.5, 0.6) is 0 Å². The van der Waals surface area contributed by atoms with Crippen LogP contribution in [-0.4, -0.2) is 21.8 Å². The maximum atomic E-state index is 13.0. The van der Waals surface area contributed by atoms with Crippen LogP contribution >= 0.6 is 15.9 Å². The molecule has 0 aromatic carbocycles. The normalized spacial score (nSPS) is 34.1. The van der Waals surface area contributed by atoms with Crippen molar-refractivity contribution >= 4 is 33.4 Å². The van der Waals surface area contributed by atoms with Crippen LogP contribution in [0, 0.1) is 16.2 Å². The van der Waals surface area contributed by atoms with Gasteiger partial charge in [0.25, 0.3) is 0 Å². The number of oxime groups is 1. The second-order valence-electron chi connectivity index (χ2n) is 7.08. The average molecular weight is 366 g/mol. The molecule has 0 aliphatic heterocycles. The molecule has 118 valence electrons. The second kappa shape index (κ2) is 4.78. The first kappa shape index (κ1) is 15.5. The number of halogens is 1. The van der Waals surface area contributed by atoms with E-state index in [0.717, 1.165) is 23.0 Å². The first-order valence-corrected chi connectivity index (χ1v) is 8.21. The quantitative estimate of drug-likeness (QED) is 0.617. The highest BCUT2D eigenvalue weighted by Gasteiger charge is 2.71. The minimum absolute atomic E-state index is 0.0327. The number of rotatable bonds is 2. The molecule has 2 saturated carbocycles. The molecule has 22 heavy (non-hydrogen) atoms. The lowest BCUT2D eigenvalue weighted by Crippen LogP contribution is -2.43. The molecule has 0 spiro atoms. The molecule has 2 aliphatic rings. The van der Waals surface area contributed by atoms with Crippen LogP contribution in [0.25, 0.3) is 0 Å². The summed E-state index contributed by atoms with van der Waals surface area (Å²) in [5.74, 6) is 0.510. The van der Waals surface area contributed by atoms with Gasteiger partial charge in [0.2, 0.25) is 5.91 Å². The van der Waals surface area contributed by atoms with Crippen molar-refractivity contribution in [2.75, 3.05) is 5.32 Å². The van der Waals surface area contributed by atoms with Crippen LogP contribution in [0.1, 0.15) is 40.0 Å². The van der Waals surface area contributed by atoms with E-state index >= 15 is 0 Å². The predicted octanol–water partition coefficient (Wildman–Crippen LogP) is 3.83. The molecule has 1 heterocycles. The highest BCUT2D eigenvalue weighted by Crippen LogP contribution is 2.71. The standard InChI is InChI=1S/C16H20BrN3O2/c1-14(2)15(3)6-7-16(14,8-11(15)20-22)13(21)19-12-5-4-10(17)9-18-12/h4-5,9,22H,6-8H2,1-3H3,(H,18,19,21). The van der Waals surface area contributed by atoms with Gasteiger partial charge >= 0.3 is 0 Å². The molecule has 0 radical (unpaired) electrons. The average Bonchev–Trinajstić information content (AvgIpc) is 2.79. The van der Waals surface area contributed by atoms with E-state index in [0.29, 0.717) is 12.2 Å². The zero-order chi connectivity index (χ0) is 16.2. The number of carbonyl (C=O) groups is 1. The van der Waals surface area contributed by atoms with Crippen LogP contribution in [0.3, 0.4) is 0 Å². The molecule has 1 aromatic heterocycles. The molecule has 2 fully saturated rings. The number of anilines is 1. The van der Waals surface area contributed by atoms with E-state index in [1.165, 1.54) is 0 Å². The van der Waals surface area contributed by atoms with Gasteiger partial charge in [0.15, 0.2) is 0 Å². The molecule has 1 aromatic rings. The van der Waals surface area contributed by atoms with Crippen molar-refractivity contribution in [1.29, 1.82) is 0 Å². The molecule has 1 amide bonds. The maximum absolute atomic E-state index is 13.0. The SMILES string of the molecule is CC12CCC(C(=O)Nc3ccc(Br)cn3)(CC1=NO)C2(C)C. The Morgan fingerprint density at radius 3 is 2.64 bits per heavy atom. The number of hydrogen-bond acceptors (Lipinski definition) is 4. The molecule has 2 atom stereocenters. The zero-order valence-corrected chi connectivity index (χ0v) is 14.6. The summed E-state index contributed by atoms with van der Waals surface area (Å²) in [4.78, 5) is 17.2. The van der Waals surface area contributed by atoms with E-state index in [-0.39, 0.29) is 16.7 Å². The Kier molecular flexibility index (Phi) is 3.36. The van der Waals surface area contributed by atoms with Crippen molar-refractivity contribution in [3.63, 3.8) is 0 Å². The van der Waals surface area contributed by atoms with Gasteiger partial charge in [0.05, 0.1) is 11.1 Å². The summed E-state index contributed by atoms with van der Waals surface area (Å²) in [7, 11) is 0. The van der Waals surface area contributed by atoms with E-state index in [1.54, 1.807) is 12.3 Å². The minimum atomic E-state index is -0.544. The molecule has 2 N–H and O–H groups in total. The summed E-state index contributed by atoms with van der Waals surface area (Å²) in [6.45, 7) is 6.31. The van der Waals surface area contributed by atoms with Gasteiger partial charge in [0.1, 0.15) is 5.82 Å². The number of carbonyl (C=O) groups excluding carboxylic acids is 1. The lowest BCUT2D eigenvalue weighted by molar-refractivity contribution is -0.130. The van der Waals surface area contributed by atoms with Gasteiger partial charge in [-0.1, -0.05) is 25.9 Å². The number of fused-ring (bicyclic) bond motifs is 2. The molecule has 6 heteroatoms. The smallest absolute Gasteiger partial charge is 0.232 e. The molecule has 0 saturated heterocycles. The van der Waals surface area contributed by atoms with Gasteiger partial charge in [-0.25, -0.2) is 4.98 Å². The summed E-state index contributed by atoms with van der Waals surface area (Å²) >= 11 is 3.33. The largest absolute Gasteiger partial charge is 0.411 e. The van der Waals surface area contributed by atoms with Gasteiger partial charge in [-0.2, -0.15) is 0 Å². The monoisotopic (exact) mass is 365 g/mol. The Hall–Kier alpha value is -1.43. The second-order valence-corrected chi connectivity index (χ2v) is 7.99. The fourth-order valence-corrected chi connectivity index (χ4v) is 4.46. The van der Waals surface area contributed by atoms with Crippen molar-refractivity contribution in [2.45, 2.75) is 40.0 Å². The molecular formula is C16H20BrN3O2. The third-order valence-corrected chi connectivity index (χ3v) is 6.73. The van der Waals surface area contributed by atoms with Crippen LogP contribution in [0.2, 0.25) is 0 Å². The van der Waals surface area contributed by atoms with E-state index < -0.39 is 5.41 Å². The van der Waals surface area contributed by atoms with Crippen molar-refractivity contribution in [2.24, 2.45) is 21.4 Å².